The largest absolute Gasteiger partial charge is 0.301 e. The third-order valence-electron chi connectivity index (χ3n) is 5.93. The minimum atomic E-state index is 0.800. The molecule has 0 spiro atoms. The van der Waals surface area contributed by atoms with E-state index in [-0.39, 0.29) is 0 Å². The van der Waals surface area contributed by atoms with Crippen molar-refractivity contribution in [2.24, 2.45) is 17.8 Å². The standard InChI is InChI=1S/C18H34BN/c1-5-20-10-9-17(15(3)19-4)13-18(20)12-16-8-6-7-14(2)11-16/h14,16-19H,3,5-13H2,1-2,4H3/t14-,16+,17?,18?/m1/s1. The number of hydrogen-bond acceptors (Lipinski definition) is 1. The van der Waals surface area contributed by atoms with Crippen LogP contribution in [0.1, 0.15) is 58.8 Å². The van der Waals surface area contributed by atoms with Gasteiger partial charge in [-0.3, -0.25) is 0 Å². The molecule has 20 heavy (non-hydrogen) atoms. The first-order chi connectivity index (χ1) is 9.63. The molecule has 0 radical (unpaired) electrons. The summed E-state index contributed by atoms with van der Waals surface area (Å²) in [7, 11) is 1.17. The molecule has 2 rings (SSSR count). The maximum absolute atomic E-state index is 4.32. The van der Waals surface area contributed by atoms with E-state index < -0.39 is 0 Å². The van der Waals surface area contributed by atoms with E-state index in [9.17, 15) is 0 Å². The second kappa shape index (κ2) is 7.68. The van der Waals surface area contributed by atoms with Crippen molar-refractivity contribution in [1.82, 2.24) is 4.90 Å². The van der Waals surface area contributed by atoms with Gasteiger partial charge in [0, 0.05) is 6.04 Å². The molecule has 2 fully saturated rings. The summed E-state index contributed by atoms with van der Waals surface area (Å²) < 4.78 is 0. The second-order valence-electron chi connectivity index (χ2n) is 7.39. The van der Waals surface area contributed by atoms with E-state index in [0.717, 1.165) is 23.8 Å². The average molecular weight is 275 g/mol. The lowest BCUT2D eigenvalue weighted by molar-refractivity contribution is 0.0982. The molecular formula is C18H34BN. The first-order valence-corrected chi connectivity index (χ1v) is 9.05. The van der Waals surface area contributed by atoms with Crippen LogP contribution in [-0.4, -0.2) is 31.3 Å². The fourth-order valence-corrected chi connectivity index (χ4v) is 4.58. The Balaban J connectivity index is 1.92. The summed E-state index contributed by atoms with van der Waals surface area (Å²) in [6.45, 7) is 13.9. The third-order valence-corrected chi connectivity index (χ3v) is 5.93. The molecule has 2 aliphatic rings. The number of hydrogen-bond donors (Lipinski definition) is 0. The normalized spacial score (nSPS) is 35.8. The summed E-state index contributed by atoms with van der Waals surface area (Å²) in [5.41, 5.74) is 1.50. The Bertz CT molecular complexity index is 315. The van der Waals surface area contributed by atoms with Crippen molar-refractivity contribution >= 4 is 7.28 Å². The van der Waals surface area contributed by atoms with Crippen molar-refractivity contribution in [1.29, 1.82) is 0 Å². The Morgan fingerprint density at radius 1 is 1.25 bits per heavy atom. The first-order valence-electron chi connectivity index (χ1n) is 9.05. The molecule has 2 unspecified atom stereocenters. The molecular weight excluding hydrogens is 241 g/mol. The topological polar surface area (TPSA) is 3.24 Å². The zero-order chi connectivity index (χ0) is 14.5. The summed E-state index contributed by atoms with van der Waals surface area (Å²) in [5.74, 6) is 2.76. The lowest BCUT2D eigenvalue weighted by Crippen LogP contribution is -2.44. The van der Waals surface area contributed by atoms with Crippen molar-refractivity contribution in [3.63, 3.8) is 0 Å². The summed E-state index contributed by atoms with van der Waals surface area (Å²) in [4.78, 5) is 2.75. The molecule has 1 heterocycles. The van der Waals surface area contributed by atoms with Gasteiger partial charge in [0.25, 0.3) is 0 Å². The molecule has 0 aromatic rings. The van der Waals surface area contributed by atoms with E-state index in [1.54, 1.807) is 0 Å². The van der Waals surface area contributed by atoms with E-state index in [0.29, 0.717) is 0 Å². The lowest BCUT2D eigenvalue weighted by atomic mass is 9.64. The van der Waals surface area contributed by atoms with E-state index >= 15 is 0 Å². The van der Waals surface area contributed by atoms with Crippen LogP contribution in [0, 0.1) is 17.8 Å². The second-order valence-corrected chi connectivity index (χ2v) is 7.39. The van der Waals surface area contributed by atoms with Crippen molar-refractivity contribution in [2.75, 3.05) is 13.1 Å². The Hall–Kier alpha value is -0.235. The van der Waals surface area contributed by atoms with Gasteiger partial charge in [-0.25, -0.2) is 0 Å². The average Bonchev–Trinajstić information content (AvgIpc) is 2.46. The molecule has 114 valence electrons. The summed E-state index contributed by atoms with van der Waals surface area (Å²) in [6, 6.07) is 0.831. The predicted molar refractivity (Wildman–Crippen MR) is 91.7 cm³/mol. The molecule has 0 aromatic heterocycles. The van der Waals surface area contributed by atoms with E-state index in [1.165, 1.54) is 70.8 Å². The smallest absolute Gasteiger partial charge is 0.148 e. The molecule has 4 atom stereocenters. The third kappa shape index (κ3) is 4.13. The highest BCUT2D eigenvalue weighted by molar-refractivity contribution is 6.43. The Morgan fingerprint density at radius 2 is 2.05 bits per heavy atom. The van der Waals surface area contributed by atoms with Crippen LogP contribution in [0.4, 0.5) is 0 Å². The van der Waals surface area contributed by atoms with E-state index in [1.807, 2.05) is 0 Å². The molecule has 1 nitrogen and oxygen atoms in total. The minimum absolute atomic E-state index is 0.800. The van der Waals surface area contributed by atoms with Crippen LogP contribution in [0.15, 0.2) is 12.1 Å². The van der Waals surface area contributed by atoms with Crippen LogP contribution in [0.5, 0.6) is 0 Å². The van der Waals surface area contributed by atoms with E-state index in [4.69, 9.17) is 0 Å². The van der Waals surface area contributed by atoms with E-state index in [2.05, 4.69) is 32.1 Å². The van der Waals surface area contributed by atoms with Crippen molar-refractivity contribution < 1.29 is 0 Å². The molecule has 0 N–H and O–H groups in total. The molecule has 1 aliphatic heterocycles. The summed E-state index contributed by atoms with van der Waals surface area (Å²) in [5, 5.41) is 0. The fourth-order valence-electron chi connectivity index (χ4n) is 4.58. The van der Waals surface area contributed by atoms with Gasteiger partial charge in [-0.05, 0) is 56.5 Å². The van der Waals surface area contributed by atoms with Crippen molar-refractivity contribution in [3.8, 4) is 0 Å². The Kier molecular flexibility index (Phi) is 6.20. The zero-order valence-corrected chi connectivity index (χ0v) is 14.0. The minimum Gasteiger partial charge on any atom is -0.301 e. The lowest BCUT2D eigenvalue weighted by Gasteiger charge is -2.42. The Morgan fingerprint density at radius 3 is 2.70 bits per heavy atom. The van der Waals surface area contributed by atoms with Gasteiger partial charge in [0.15, 0.2) is 0 Å². The highest BCUT2D eigenvalue weighted by atomic mass is 15.2. The van der Waals surface area contributed by atoms with Gasteiger partial charge in [-0.15, -0.1) is 12.1 Å². The number of likely N-dealkylation sites (tertiary alicyclic amines) is 1. The summed E-state index contributed by atoms with van der Waals surface area (Å²) >= 11 is 0. The SMILES string of the molecule is C=C(BC)C1CCN(CC)C(C[C@H]2CCC[C@@H](C)C2)C1. The number of rotatable bonds is 5. The molecule has 1 saturated heterocycles. The highest BCUT2D eigenvalue weighted by Gasteiger charge is 2.31. The van der Waals surface area contributed by atoms with Crippen LogP contribution < -0.4 is 0 Å². The van der Waals surface area contributed by atoms with Gasteiger partial charge in [0.05, 0.1) is 0 Å². The number of piperidine rings is 1. The van der Waals surface area contributed by atoms with Gasteiger partial charge in [-0.2, -0.15) is 0 Å². The fraction of sp³-hybridized carbons (Fsp3) is 0.889. The Labute approximate surface area is 127 Å². The van der Waals surface area contributed by atoms with Gasteiger partial charge < -0.3 is 4.90 Å². The van der Waals surface area contributed by atoms with Crippen molar-refractivity contribution in [2.45, 2.75) is 71.7 Å². The monoisotopic (exact) mass is 275 g/mol. The molecule has 1 aliphatic carbocycles. The predicted octanol–water partition coefficient (Wildman–Crippen LogP) is 4.30. The van der Waals surface area contributed by atoms with Gasteiger partial charge in [-0.1, -0.05) is 39.9 Å². The van der Waals surface area contributed by atoms with Crippen LogP contribution in [-0.2, 0) is 0 Å². The molecule has 0 amide bonds. The summed E-state index contributed by atoms with van der Waals surface area (Å²) in [6.07, 6.45) is 10.1. The van der Waals surface area contributed by atoms with Crippen LogP contribution in [0.3, 0.4) is 0 Å². The van der Waals surface area contributed by atoms with Crippen LogP contribution >= 0.6 is 0 Å². The van der Waals surface area contributed by atoms with Gasteiger partial charge in [0.1, 0.15) is 7.28 Å². The zero-order valence-electron chi connectivity index (χ0n) is 14.0. The molecule has 0 bridgehead atoms. The quantitative estimate of drug-likeness (QED) is 0.676. The van der Waals surface area contributed by atoms with Gasteiger partial charge in [0.2, 0.25) is 0 Å². The first kappa shape index (κ1) is 16.1. The van der Waals surface area contributed by atoms with Crippen molar-refractivity contribution in [3.05, 3.63) is 12.1 Å². The van der Waals surface area contributed by atoms with Gasteiger partial charge >= 0.3 is 0 Å². The molecule has 0 aromatic carbocycles. The maximum atomic E-state index is 4.32. The highest BCUT2D eigenvalue weighted by Crippen LogP contribution is 2.36. The maximum Gasteiger partial charge on any atom is 0.148 e. The molecule has 2 heteroatoms. The molecule has 1 saturated carbocycles. The van der Waals surface area contributed by atoms with Crippen LogP contribution in [0.25, 0.3) is 0 Å². The van der Waals surface area contributed by atoms with Crippen LogP contribution in [0.2, 0.25) is 6.82 Å². The number of allylic oxidation sites excluding steroid dienone is 1. The number of nitrogens with zero attached hydrogens (tertiary/aromatic N) is 1.